The fourth-order valence-corrected chi connectivity index (χ4v) is 1.87. The minimum atomic E-state index is -0.407. The maximum atomic E-state index is 11.4. The van der Waals surface area contributed by atoms with E-state index in [-0.39, 0.29) is 0 Å². The van der Waals surface area contributed by atoms with Crippen molar-refractivity contribution < 1.29 is 9.53 Å². The molecule has 0 spiro atoms. The number of hydrogen-bond donors (Lipinski definition) is 2. The summed E-state index contributed by atoms with van der Waals surface area (Å²) in [6.07, 6.45) is 4.44. The standard InChI is InChI=1S/C13H18N2O2/c14-11-5-2-6-12(9-11)15-13(16)17-8-7-10-3-1-4-10/h2,5-6,9-10H,1,3-4,7-8,14H2,(H,15,16). The van der Waals surface area contributed by atoms with Crippen molar-refractivity contribution >= 4 is 17.5 Å². The molecule has 1 aromatic rings. The van der Waals surface area contributed by atoms with Gasteiger partial charge >= 0.3 is 6.09 Å². The number of carbonyl (C=O) groups excluding carboxylic acids is 1. The number of carbonyl (C=O) groups is 1. The molecule has 92 valence electrons. The smallest absolute Gasteiger partial charge is 0.411 e. The molecule has 0 heterocycles. The SMILES string of the molecule is Nc1cccc(NC(=O)OCCC2CCC2)c1. The fourth-order valence-electron chi connectivity index (χ4n) is 1.87. The van der Waals surface area contributed by atoms with Crippen molar-refractivity contribution in [3.05, 3.63) is 24.3 Å². The third kappa shape index (κ3) is 3.66. The Balaban J connectivity index is 1.69. The largest absolute Gasteiger partial charge is 0.449 e. The molecule has 0 atom stereocenters. The first-order valence-electron chi connectivity index (χ1n) is 6.03. The topological polar surface area (TPSA) is 64.3 Å². The molecule has 0 aromatic heterocycles. The molecule has 2 rings (SSSR count). The van der Waals surface area contributed by atoms with Gasteiger partial charge in [0, 0.05) is 11.4 Å². The Hall–Kier alpha value is -1.71. The molecule has 3 N–H and O–H groups in total. The van der Waals surface area contributed by atoms with Gasteiger partial charge < -0.3 is 10.5 Å². The van der Waals surface area contributed by atoms with Crippen LogP contribution in [0, 0.1) is 5.92 Å². The first kappa shape index (κ1) is 11.8. The van der Waals surface area contributed by atoms with Crippen LogP contribution < -0.4 is 11.1 Å². The van der Waals surface area contributed by atoms with Crippen LogP contribution in [0.2, 0.25) is 0 Å². The second-order valence-corrected chi connectivity index (χ2v) is 4.47. The first-order chi connectivity index (χ1) is 8.24. The van der Waals surface area contributed by atoms with E-state index in [1.54, 1.807) is 24.3 Å². The molecule has 1 fully saturated rings. The Labute approximate surface area is 101 Å². The normalized spacial score (nSPS) is 15.1. The Bertz CT molecular complexity index is 389. The minimum Gasteiger partial charge on any atom is -0.449 e. The van der Waals surface area contributed by atoms with Gasteiger partial charge in [-0.15, -0.1) is 0 Å². The Kier molecular flexibility index (Phi) is 3.85. The highest BCUT2D eigenvalue weighted by Crippen LogP contribution is 2.29. The minimum absolute atomic E-state index is 0.407. The Morgan fingerprint density at radius 3 is 2.94 bits per heavy atom. The molecule has 1 saturated carbocycles. The Morgan fingerprint density at radius 2 is 2.29 bits per heavy atom. The molecule has 17 heavy (non-hydrogen) atoms. The molecule has 0 bridgehead atoms. The highest BCUT2D eigenvalue weighted by Gasteiger charge is 2.17. The van der Waals surface area contributed by atoms with Gasteiger partial charge in [0.1, 0.15) is 0 Å². The maximum absolute atomic E-state index is 11.4. The summed E-state index contributed by atoms with van der Waals surface area (Å²) in [4.78, 5) is 11.4. The average molecular weight is 234 g/mol. The summed E-state index contributed by atoms with van der Waals surface area (Å²) < 4.78 is 5.10. The number of rotatable bonds is 4. The first-order valence-corrected chi connectivity index (χ1v) is 6.03. The molecule has 0 saturated heterocycles. The number of nitrogen functional groups attached to an aromatic ring is 1. The van der Waals surface area contributed by atoms with Crippen LogP contribution in [0.15, 0.2) is 24.3 Å². The van der Waals surface area contributed by atoms with Gasteiger partial charge in [0.25, 0.3) is 0 Å². The predicted molar refractivity (Wildman–Crippen MR) is 67.8 cm³/mol. The molecule has 0 unspecified atom stereocenters. The van der Waals surface area contributed by atoms with Crippen LogP contribution in [0.3, 0.4) is 0 Å². The van der Waals surface area contributed by atoms with Crippen LogP contribution in [0.25, 0.3) is 0 Å². The van der Waals surface area contributed by atoms with Crippen molar-refractivity contribution in [2.45, 2.75) is 25.7 Å². The van der Waals surface area contributed by atoms with Crippen molar-refractivity contribution in [1.29, 1.82) is 0 Å². The van der Waals surface area contributed by atoms with E-state index in [1.165, 1.54) is 19.3 Å². The fraction of sp³-hybridized carbons (Fsp3) is 0.462. The van der Waals surface area contributed by atoms with E-state index in [0.29, 0.717) is 18.0 Å². The lowest BCUT2D eigenvalue weighted by atomic mass is 9.83. The summed E-state index contributed by atoms with van der Waals surface area (Å²) in [6, 6.07) is 7.04. The molecular formula is C13H18N2O2. The van der Waals surface area contributed by atoms with Crippen molar-refractivity contribution in [1.82, 2.24) is 0 Å². The molecule has 0 aliphatic heterocycles. The van der Waals surface area contributed by atoms with E-state index < -0.39 is 6.09 Å². The summed E-state index contributed by atoms with van der Waals surface area (Å²) in [7, 11) is 0. The summed E-state index contributed by atoms with van der Waals surface area (Å²) >= 11 is 0. The third-order valence-electron chi connectivity index (χ3n) is 3.12. The molecule has 4 nitrogen and oxygen atoms in total. The summed E-state index contributed by atoms with van der Waals surface area (Å²) in [5, 5.41) is 2.65. The molecule has 1 aromatic carbocycles. The van der Waals surface area contributed by atoms with Crippen LogP contribution in [0.1, 0.15) is 25.7 Å². The number of benzene rings is 1. The average Bonchev–Trinajstić information content (AvgIpc) is 2.22. The molecule has 0 radical (unpaired) electrons. The van der Waals surface area contributed by atoms with Crippen molar-refractivity contribution in [2.75, 3.05) is 17.7 Å². The quantitative estimate of drug-likeness (QED) is 0.787. The van der Waals surface area contributed by atoms with Gasteiger partial charge in [0.2, 0.25) is 0 Å². The zero-order valence-corrected chi connectivity index (χ0v) is 9.82. The summed E-state index contributed by atoms with van der Waals surface area (Å²) in [6.45, 7) is 0.499. The Morgan fingerprint density at radius 1 is 1.47 bits per heavy atom. The van der Waals surface area contributed by atoms with E-state index in [2.05, 4.69) is 5.32 Å². The number of nitrogens with two attached hydrogens (primary N) is 1. The van der Waals surface area contributed by atoms with Gasteiger partial charge in [-0.2, -0.15) is 0 Å². The van der Waals surface area contributed by atoms with E-state index in [4.69, 9.17) is 10.5 Å². The molecule has 4 heteroatoms. The zero-order valence-electron chi connectivity index (χ0n) is 9.82. The van der Waals surface area contributed by atoms with Crippen molar-refractivity contribution in [2.24, 2.45) is 5.92 Å². The van der Waals surface area contributed by atoms with Gasteiger partial charge in [0.05, 0.1) is 6.61 Å². The van der Waals surface area contributed by atoms with Crippen molar-refractivity contribution in [3.8, 4) is 0 Å². The number of nitrogens with one attached hydrogen (secondary N) is 1. The second-order valence-electron chi connectivity index (χ2n) is 4.47. The lowest BCUT2D eigenvalue weighted by molar-refractivity contribution is 0.142. The van der Waals surface area contributed by atoms with Crippen molar-refractivity contribution in [3.63, 3.8) is 0 Å². The van der Waals surface area contributed by atoms with Gasteiger partial charge in [-0.25, -0.2) is 4.79 Å². The van der Waals surface area contributed by atoms with Gasteiger partial charge in [-0.05, 0) is 30.5 Å². The van der Waals surface area contributed by atoms with Crippen LogP contribution in [-0.4, -0.2) is 12.7 Å². The van der Waals surface area contributed by atoms with Crippen LogP contribution >= 0.6 is 0 Å². The lowest BCUT2D eigenvalue weighted by Gasteiger charge is -2.24. The number of ether oxygens (including phenoxy) is 1. The van der Waals surface area contributed by atoms with E-state index in [0.717, 1.165) is 12.3 Å². The number of anilines is 2. The highest BCUT2D eigenvalue weighted by atomic mass is 16.5. The molecule has 1 aliphatic rings. The monoisotopic (exact) mass is 234 g/mol. The van der Waals surface area contributed by atoms with E-state index in [1.807, 2.05) is 0 Å². The molecule has 1 aliphatic carbocycles. The van der Waals surface area contributed by atoms with E-state index >= 15 is 0 Å². The summed E-state index contributed by atoms with van der Waals surface area (Å²) in [5.74, 6) is 0.759. The summed E-state index contributed by atoms with van der Waals surface area (Å²) in [5.41, 5.74) is 6.90. The molecular weight excluding hydrogens is 216 g/mol. The van der Waals surface area contributed by atoms with Gasteiger partial charge in [-0.1, -0.05) is 25.3 Å². The van der Waals surface area contributed by atoms with Crippen LogP contribution in [-0.2, 0) is 4.74 Å². The van der Waals surface area contributed by atoms with Gasteiger partial charge in [-0.3, -0.25) is 5.32 Å². The van der Waals surface area contributed by atoms with Crippen LogP contribution in [0.5, 0.6) is 0 Å². The number of hydrogen-bond acceptors (Lipinski definition) is 3. The van der Waals surface area contributed by atoms with Crippen LogP contribution in [0.4, 0.5) is 16.2 Å². The highest BCUT2D eigenvalue weighted by molar-refractivity contribution is 5.85. The number of amides is 1. The maximum Gasteiger partial charge on any atom is 0.411 e. The third-order valence-corrected chi connectivity index (χ3v) is 3.12. The lowest BCUT2D eigenvalue weighted by Crippen LogP contribution is -2.18. The molecule has 1 amide bonds. The van der Waals surface area contributed by atoms with E-state index in [9.17, 15) is 4.79 Å². The van der Waals surface area contributed by atoms with Gasteiger partial charge in [0.15, 0.2) is 0 Å². The predicted octanol–water partition coefficient (Wildman–Crippen LogP) is 3.01. The zero-order chi connectivity index (χ0) is 12.1. The second kappa shape index (κ2) is 5.57.